The van der Waals surface area contributed by atoms with E-state index in [1.54, 1.807) is 0 Å². The lowest BCUT2D eigenvalue weighted by Crippen LogP contribution is -2.38. The fourth-order valence-corrected chi connectivity index (χ4v) is 7.61. The third kappa shape index (κ3) is 3.60. The first-order valence-corrected chi connectivity index (χ1v) is 15.9. The number of fused-ring (bicyclic) bond motifs is 9. The van der Waals surface area contributed by atoms with Crippen LogP contribution in [-0.4, -0.2) is 9.13 Å². The number of hydrogen-bond donors (Lipinski definition) is 2. The van der Waals surface area contributed by atoms with E-state index in [2.05, 4.69) is 154 Å². The number of hydrogen-bond acceptors (Lipinski definition) is 3. The predicted octanol–water partition coefficient (Wildman–Crippen LogP) is 10.5. The fourth-order valence-electron chi connectivity index (χ4n) is 7.61. The first-order valence-electron chi connectivity index (χ1n) is 15.9. The number of nitrogens with zero attached hydrogens (tertiary/aromatic N) is 2. The molecule has 0 fully saturated rings. The summed E-state index contributed by atoms with van der Waals surface area (Å²) in [5.74, 6) is 0.946. The van der Waals surface area contributed by atoms with Crippen molar-refractivity contribution in [3.05, 3.63) is 145 Å². The minimum Gasteiger partial charge on any atom is -0.457 e. The van der Waals surface area contributed by atoms with Gasteiger partial charge in [-0.1, -0.05) is 84.9 Å². The lowest BCUT2D eigenvalue weighted by Gasteiger charge is -2.32. The second-order valence-electron chi connectivity index (χ2n) is 12.3. The average molecular weight is 595 g/mol. The smallest absolute Gasteiger partial charge is 0.160 e. The SMILES string of the molecule is CC1NC(n2c3ccccc3c3ccc(-c4ccc5c(c4)c4ccccc4n5-c4ccccc4)cc32)Nc2c1oc1ccccc21. The van der Waals surface area contributed by atoms with E-state index in [-0.39, 0.29) is 12.3 Å². The molecule has 4 heterocycles. The van der Waals surface area contributed by atoms with Crippen LogP contribution in [0.25, 0.3) is 71.4 Å². The summed E-state index contributed by atoms with van der Waals surface area (Å²) in [5, 5.41) is 13.7. The van der Waals surface area contributed by atoms with Gasteiger partial charge in [0, 0.05) is 32.6 Å². The topological polar surface area (TPSA) is 47.1 Å². The molecule has 2 atom stereocenters. The minimum atomic E-state index is -0.160. The Morgan fingerprint density at radius 2 is 1.17 bits per heavy atom. The minimum absolute atomic E-state index is 0.0392. The Morgan fingerprint density at radius 1 is 0.543 bits per heavy atom. The van der Waals surface area contributed by atoms with Crippen molar-refractivity contribution in [1.82, 2.24) is 14.5 Å². The first-order chi connectivity index (χ1) is 22.7. The van der Waals surface area contributed by atoms with Crippen molar-refractivity contribution in [2.75, 3.05) is 5.32 Å². The van der Waals surface area contributed by atoms with Gasteiger partial charge < -0.3 is 18.9 Å². The van der Waals surface area contributed by atoms with Crippen LogP contribution in [0.1, 0.15) is 25.0 Å². The van der Waals surface area contributed by atoms with Crippen molar-refractivity contribution in [3.63, 3.8) is 0 Å². The van der Waals surface area contributed by atoms with Crippen molar-refractivity contribution in [1.29, 1.82) is 0 Å². The number of anilines is 1. The highest BCUT2D eigenvalue weighted by Gasteiger charge is 2.31. The summed E-state index contributed by atoms with van der Waals surface area (Å²) in [6.45, 7) is 2.18. The van der Waals surface area contributed by atoms with Crippen molar-refractivity contribution >= 4 is 60.3 Å². The van der Waals surface area contributed by atoms with Gasteiger partial charge in [-0.15, -0.1) is 0 Å². The highest BCUT2D eigenvalue weighted by atomic mass is 16.3. The molecule has 1 aliphatic heterocycles. The number of aromatic nitrogens is 2. The van der Waals surface area contributed by atoms with E-state index in [1.807, 2.05) is 12.1 Å². The third-order valence-corrected chi connectivity index (χ3v) is 9.69. The van der Waals surface area contributed by atoms with Gasteiger partial charge in [-0.2, -0.15) is 0 Å². The summed E-state index contributed by atoms with van der Waals surface area (Å²) in [6, 6.07) is 50.1. The standard InChI is InChI=1S/C41H30N4O/c1-25-40-39(32-15-7-10-18-38(32)46-40)43-41(42-25)45-35-17-9-5-13-29(35)31-21-19-27(24-37(31)45)26-20-22-36-33(23-26)30-14-6-8-16-34(30)44(36)28-11-3-2-4-12-28/h2-25,41-43H,1H3. The lowest BCUT2D eigenvalue weighted by atomic mass is 10.0. The molecule has 1 aliphatic rings. The summed E-state index contributed by atoms with van der Waals surface area (Å²) in [7, 11) is 0. The largest absolute Gasteiger partial charge is 0.457 e. The van der Waals surface area contributed by atoms with Gasteiger partial charge in [0.2, 0.25) is 0 Å². The molecular weight excluding hydrogens is 564 g/mol. The van der Waals surface area contributed by atoms with Crippen molar-refractivity contribution in [3.8, 4) is 16.8 Å². The Labute approximate surface area is 265 Å². The van der Waals surface area contributed by atoms with Crippen LogP contribution in [0.2, 0.25) is 0 Å². The number of benzene rings is 6. The van der Waals surface area contributed by atoms with Gasteiger partial charge in [-0.25, -0.2) is 0 Å². The first kappa shape index (κ1) is 25.5. The molecule has 3 aromatic heterocycles. The van der Waals surface area contributed by atoms with Gasteiger partial charge in [0.25, 0.3) is 0 Å². The number of nitrogens with one attached hydrogen (secondary N) is 2. The van der Waals surface area contributed by atoms with Crippen LogP contribution < -0.4 is 10.6 Å². The number of para-hydroxylation sites is 4. The molecule has 0 amide bonds. The molecule has 220 valence electrons. The normalized spacial score (nSPS) is 16.5. The molecule has 0 bridgehead atoms. The zero-order chi connectivity index (χ0) is 30.4. The highest BCUT2D eigenvalue weighted by Crippen LogP contribution is 2.42. The van der Waals surface area contributed by atoms with Crippen molar-refractivity contribution in [2.45, 2.75) is 19.3 Å². The highest BCUT2D eigenvalue weighted by molar-refractivity contribution is 6.12. The Morgan fingerprint density at radius 3 is 2.02 bits per heavy atom. The Balaban J connectivity index is 1.16. The van der Waals surface area contributed by atoms with E-state index in [1.165, 1.54) is 60.4 Å². The van der Waals surface area contributed by atoms with E-state index in [0.717, 1.165) is 22.4 Å². The molecule has 6 aromatic carbocycles. The third-order valence-electron chi connectivity index (χ3n) is 9.69. The zero-order valence-electron chi connectivity index (χ0n) is 25.2. The van der Waals surface area contributed by atoms with Crippen molar-refractivity contribution < 1.29 is 4.42 Å². The zero-order valence-corrected chi connectivity index (χ0v) is 25.2. The monoisotopic (exact) mass is 594 g/mol. The molecule has 46 heavy (non-hydrogen) atoms. The van der Waals surface area contributed by atoms with Gasteiger partial charge in [0.05, 0.1) is 33.8 Å². The molecule has 0 spiro atoms. The van der Waals surface area contributed by atoms with E-state index < -0.39 is 0 Å². The summed E-state index contributed by atoms with van der Waals surface area (Å²) in [6.07, 6.45) is -0.160. The van der Waals surface area contributed by atoms with E-state index in [4.69, 9.17) is 4.42 Å². The van der Waals surface area contributed by atoms with Crippen molar-refractivity contribution in [2.24, 2.45) is 0 Å². The average Bonchev–Trinajstić information content (AvgIpc) is 3.76. The maximum atomic E-state index is 6.28. The van der Waals surface area contributed by atoms with Gasteiger partial charge in [-0.05, 0) is 72.6 Å². The molecule has 2 unspecified atom stereocenters. The van der Waals surface area contributed by atoms with Gasteiger partial charge in [0.15, 0.2) is 6.29 Å². The van der Waals surface area contributed by atoms with Crippen LogP contribution >= 0.6 is 0 Å². The second-order valence-corrected chi connectivity index (χ2v) is 12.3. The van der Waals surface area contributed by atoms with Crippen LogP contribution in [0.3, 0.4) is 0 Å². The summed E-state index contributed by atoms with van der Waals surface area (Å²) in [5.41, 5.74) is 10.3. The quantitative estimate of drug-likeness (QED) is 0.214. The molecule has 0 aliphatic carbocycles. The summed E-state index contributed by atoms with van der Waals surface area (Å²) >= 11 is 0. The maximum absolute atomic E-state index is 6.28. The molecular formula is C41H30N4O. The fraction of sp³-hybridized carbons (Fsp3) is 0.0732. The molecule has 0 saturated heterocycles. The summed E-state index contributed by atoms with van der Waals surface area (Å²) in [4.78, 5) is 0. The van der Waals surface area contributed by atoms with Crippen LogP contribution in [0.4, 0.5) is 5.69 Å². The van der Waals surface area contributed by atoms with Crippen LogP contribution in [0, 0.1) is 0 Å². The number of furan rings is 1. The molecule has 5 heteroatoms. The van der Waals surface area contributed by atoms with Gasteiger partial charge >= 0.3 is 0 Å². The van der Waals surface area contributed by atoms with E-state index in [9.17, 15) is 0 Å². The van der Waals surface area contributed by atoms with E-state index in [0.29, 0.717) is 0 Å². The van der Waals surface area contributed by atoms with E-state index >= 15 is 0 Å². The molecule has 9 aromatic rings. The molecule has 10 rings (SSSR count). The lowest BCUT2D eigenvalue weighted by molar-refractivity contribution is 0.356. The molecule has 0 saturated carbocycles. The van der Waals surface area contributed by atoms with Crippen LogP contribution in [-0.2, 0) is 0 Å². The van der Waals surface area contributed by atoms with Crippen LogP contribution in [0.15, 0.2) is 144 Å². The van der Waals surface area contributed by atoms with Gasteiger partial charge in [0.1, 0.15) is 11.3 Å². The maximum Gasteiger partial charge on any atom is 0.160 e. The summed E-state index contributed by atoms with van der Waals surface area (Å²) < 4.78 is 11.1. The molecule has 0 radical (unpaired) electrons. The molecule has 2 N–H and O–H groups in total. The molecule has 5 nitrogen and oxygen atoms in total. The van der Waals surface area contributed by atoms with Crippen LogP contribution in [0.5, 0.6) is 0 Å². The Bertz CT molecular complexity index is 2620. The number of rotatable bonds is 3. The Kier molecular flexibility index (Phi) is 5.33. The Hall–Kier alpha value is -5.78. The predicted molar refractivity (Wildman–Crippen MR) is 190 cm³/mol. The van der Waals surface area contributed by atoms with Gasteiger partial charge in [-0.3, -0.25) is 5.32 Å². The second kappa shape index (κ2) is 9.61.